The molecule has 1 aromatic heterocycles. The van der Waals surface area contributed by atoms with Crippen LogP contribution in [0.1, 0.15) is 31.5 Å². The maximum atomic E-state index is 12.4. The maximum Gasteiger partial charge on any atom is 0.267 e. The highest BCUT2D eigenvalue weighted by Gasteiger charge is 2.14. The van der Waals surface area contributed by atoms with Gasteiger partial charge in [0.1, 0.15) is 17.2 Å². The molecule has 6 heteroatoms. The molecule has 130 valence electrons. The number of thiazole rings is 1. The van der Waals surface area contributed by atoms with E-state index < -0.39 is 0 Å². The Labute approximate surface area is 155 Å². The van der Waals surface area contributed by atoms with Gasteiger partial charge in [-0.25, -0.2) is 4.98 Å². The number of aryl methyl sites for hydroxylation is 2. The number of hydrogen-bond donors (Lipinski definition) is 1. The van der Waals surface area contributed by atoms with E-state index >= 15 is 0 Å². The lowest BCUT2D eigenvalue weighted by molar-refractivity contribution is 0.103. The number of ether oxygens (including phenoxy) is 1. The molecule has 0 bridgehead atoms. The number of aromatic nitrogens is 1. The monoisotopic (exact) mass is 363 g/mol. The summed E-state index contributed by atoms with van der Waals surface area (Å²) < 4.78 is 5.78. The van der Waals surface area contributed by atoms with E-state index in [-0.39, 0.29) is 5.91 Å². The third-order valence-corrected chi connectivity index (χ3v) is 4.73. The number of rotatable bonds is 5. The molecule has 1 heterocycles. The number of carbonyl (C=O) groups excluding carboxylic acids is 1. The summed E-state index contributed by atoms with van der Waals surface area (Å²) in [5.41, 5.74) is 2.90. The first kappa shape index (κ1) is 17.6. The molecule has 0 saturated carbocycles. The smallest absolute Gasteiger partial charge is 0.267 e. The lowest BCUT2D eigenvalue weighted by Crippen LogP contribution is -2.11. The molecule has 0 unspecified atom stereocenters. The fourth-order valence-corrected chi connectivity index (χ4v) is 3.31. The van der Waals surface area contributed by atoms with Crippen LogP contribution in [0.2, 0.25) is 0 Å². The lowest BCUT2D eigenvalue weighted by atomic mass is 10.1. The molecule has 5 nitrogen and oxygen atoms in total. The average molecular weight is 363 g/mol. The Balaban J connectivity index is 1.67. The van der Waals surface area contributed by atoms with Gasteiger partial charge in [0, 0.05) is 11.8 Å². The maximum absolute atomic E-state index is 12.4. The predicted octanol–water partition coefficient (Wildman–Crippen LogP) is 4.46. The van der Waals surface area contributed by atoms with Crippen molar-refractivity contribution in [2.24, 2.45) is 0 Å². The fourth-order valence-electron chi connectivity index (χ4n) is 2.49. The van der Waals surface area contributed by atoms with E-state index in [9.17, 15) is 4.79 Å². The molecule has 2 aromatic carbocycles. The van der Waals surface area contributed by atoms with Gasteiger partial charge in [-0.2, -0.15) is 5.26 Å². The minimum Gasteiger partial charge on any atom is -0.489 e. The minimum atomic E-state index is -0.174. The molecule has 3 aromatic rings. The average Bonchev–Trinajstić information content (AvgIpc) is 2.99. The number of nitrogens with one attached hydrogen (secondary N) is 1. The number of anilines is 1. The quantitative estimate of drug-likeness (QED) is 0.726. The van der Waals surface area contributed by atoms with Crippen LogP contribution in [-0.4, -0.2) is 10.9 Å². The van der Waals surface area contributed by atoms with Crippen LogP contribution in [0.25, 0.3) is 0 Å². The molecule has 0 spiro atoms. The van der Waals surface area contributed by atoms with Gasteiger partial charge in [0.05, 0.1) is 22.3 Å². The summed E-state index contributed by atoms with van der Waals surface area (Å²) in [5.74, 6) is 0.467. The molecule has 0 atom stereocenters. The summed E-state index contributed by atoms with van der Waals surface area (Å²) in [7, 11) is 0. The first-order valence-corrected chi connectivity index (χ1v) is 8.84. The highest BCUT2D eigenvalue weighted by Crippen LogP contribution is 2.22. The van der Waals surface area contributed by atoms with Gasteiger partial charge in [0.2, 0.25) is 0 Å². The summed E-state index contributed by atoms with van der Waals surface area (Å²) in [6.45, 7) is 4.05. The van der Waals surface area contributed by atoms with Crippen molar-refractivity contribution in [1.29, 1.82) is 5.26 Å². The SMILES string of the molecule is Cc1nc(C)c(C(=O)Nc2cccc(OCc3cccc(C#N)c3)c2)s1. The summed E-state index contributed by atoms with van der Waals surface area (Å²) in [6.07, 6.45) is 0. The Morgan fingerprint density at radius 2 is 2.04 bits per heavy atom. The van der Waals surface area contributed by atoms with E-state index in [1.807, 2.05) is 44.2 Å². The van der Waals surface area contributed by atoms with E-state index in [2.05, 4.69) is 16.4 Å². The highest BCUT2D eigenvalue weighted by molar-refractivity contribution is 7.13. The van der Waals surface area contributed by atoms with Crippen molar-refractivity contribution in [2.75, 3.05) is 5.32 Å². The van der Waals surface area contributed by atoms with Gasteiger partial charge < -0.3 is 10.1 Å². The summed E-state index contributed by atoms with van der Waals surface area (Å²) in [4.78, 5) is 17.3. The molecule has 0 saturated heterocycles. The minimum absolute atomic E-state index is 0.174. The molecule has 1 N–H and O–H groups in total. The third-order valence-electron chi connectivity index (χ3n) is 3.66. The van der Waals surface area contributed by atoms with Crippen molar-refractivity contribution in [1.82, 2.24) is 4.98 Å². The number of nitriles is 1. The van der Waals surface area contributed by atoms with Crippen molar-refractivity contribution < 1.29 is 9.53 Å². The highest BCUT2D eigenvalue weighted by atomic mass is 32.1. The van der Waals surface area contributed by atoms with Gasteiger partial charge in [0.15, 0.2) is 0 Å². The van der Waals surface area contributed by atoms with Gasteiger partial charge >= 0.3 is 0 Å². The van der Waals surface area contributed by atoms with Crippen molar-refractivity contribution >= 4 is 22.9 Å². The summed E-state index contributed by atoms with van der Waals surface area (Å²) in [6, 6.07) is 16.6. The van der Waals surface area contributed by atoms with Gasteiger partial charge in [0.25, 0.3) is 5.91 Å². The Kier molecular flexibility index (Phi) is 5.30. The second kappa shape index (κ2) is 7.81. The molecule has 0 aliphatic rings. The Morgan fingerprint density at radius 1 is 1.23 bits per heavy atom. The first-order valence-electron chi connectivity index (χ1n) is 8.02. The molecule has 26 heavy (non-hydrogen) atoms. The van der Waals surface area contributed by atoms with Crippen LogP contribution in [0.5, 0.6) is 5.75 Å². The van der Waals surface area contributed by atoms with E-state index in [4.69, 9.17) is 10.00 Å². The number of hydrogen-bond acceptors (Lipinski definition) is 5. The molecule has 3 rings (SSSR count). The van der Waals surface area contributed by atoms with Crippen LogP contribution < -0.4 is 10.1 Å². The van der Waals surface area contributed by atoms with Crippen molar-refractivity contribution in [3.8, 4) is 11.8 Å². The van der Waals surface area contributed by atoms with Crippen molar-refractivity contribution in [3.63, 3.8) is 0 Å². The van der Waals surface area contributed by atoms with Crippen LogP contribution >= 0.6 is 11.3 Å². The van der Waals surface area contributed by atoms with Crippen LogP contribution in [0.3, 0.4) is 0 Å². The van der Waals surface area contributed by atoms with E-state index in [0.717, 1.165) is 16.3 Å². The first-order chi connectivity index (χ1) is 12.5. The molecule has 0 aliphatic heterocycles. The normalized spacial score (nSPS) is 10.2. The van der Waals surface area contributed by atoms with Gasteiger partial charge in [-0.1, -0.05) is 18.2 Å². The third kappa shape index (κ3) is 4.26. The number of nitrogens with zero attached hydrogens (tertiary/aromatic N) is 2. The van der Waals surface area contributed by atoms with E-state index in [1.54, 1.807) is 18.2 Å². The molecule has 1 amide bonds. The Hall–Kier alpha value is -3.17. The van der Waals surface area contributed by atoms with Gasteiger partial charge in [-0.15, -0.1) is 11.3 Å². The lowest BCUT2D eigenvalue weighted by Gasteiger charge is -2.09. The zero-order valence-electron chi connectivity index (χ0n) is 14.4. The Morgan fingerprint density at radius 3 is 2.77 bits per heavy atom. The van der Waals surface area contributed by atoms with Crippen molar-refractivity contribution in [3.05, 3.63) is 75.2 Å². The molecular weight excluding hydrogens is 346 g/mol. The predicted molar refractivity (Wildman–Crippen MR) is 101 cm³/mol. The second-order valence-electron chi connectivity index (χ2n) is 5.73. The fraction of sp³-hybridized carbons (Fsp3) is 0.150. The topological polar surface area (TPSA) is 75.0 Å². The molecule has 0 radical (unpaired) electrons. The molecule has 0 fully saturated rings. The van der Waals surface area contributed by atoms with E-state index in [0.29, 0.717) is 28.5 Å². The van der Waals surface area contributed by atoms with Gasteiger partial charge in [-0.05, 0) is 43.7 Å². The van der Waals surface area contributed by atoms with Crippen LogP contribution in [0.4, 0.5) is 5.69 Å². The van der Waals surface area contributed by atoms with E-state index in [1.165, 1.54) is 11.3 Å². The zero-order chi connectivity index (χ0) is 18.5. The second-order valence-corrected chi connectivity index (χ2v) is 6.93. The molecular formula is C20H17N3O2S. The van der Waals surface area contributed by atoms with Crippen LogP contribution in [0, 0.1) is 25.2 Å². The van der Waals surface area contributed by atoms with Crippen LogP contribution in [-0.2, 0) is 6.61 Å². The van der Waals surface area contributed by atoms with Crippen LogP contribution in [0.15, 0.2) is 48.5 Å². The van der Waals surface area contributed by atoms with Gasteiger partial charge in [-0.3, -0.25) is 4.79 Å². The molecule has 0 aliphatic carbocycles. The summed E-state index contributed by atoms with van der Waals surface area (Å²) >= 11 is 1.38. The largest absolute Gasteiger partial charge is 0.489 e. The number of amides is 1. The number of benzene rings is 2. The summed E-state index contributed by atoms with van der Waals surface area (Å²) in [5, 5.41) is 12.7. The number of carbonyl (C=O) groups is 1. The Bertz CT molecular complexity index is 989. The van der Waals surface area contributed by atoms with Crippen molar-refractivity contribution in [2.45, 2.75) is 20.5 Å². The zero-order valence-corrected chi connectivity index (χ0v) is 15.3. The standard InChI is InChI=1S/C20H17N3O2S/c1-13-19(26-14(2)22-13)20(24)23-17-7-4-8-18(10-17)25-12-16-6-3-5-15(9-16)11-21/h3-10H,12H2,1-2H3,(H,23,24).